The average Bonchev–Trinajstić information content (AvgIpc) is 2.55. The summed E-state index contributed by atoms with van der Waals surface area (Å²) >= 11 is 9.03. The number of rotatable bonds is 5. The lowest BCUT2D eigenvalue weighted by Crippen LogP contribution is -2.71. The van der Waals surface area contributed by atoms with Gasteiger partial charge in [-0.05, 0) is 44.3 Å². The van der Waals surface area contributed by atoms with Crippen molar-refractivity contribution in [1.82, 2.24) is 10.2 Å². The van der Waals surface area contributed by atoms with Crippen LogP contribution in [-0.2, 0) is 14.3 Å². The second-order valence-corrected chi connectivity index (χ2v) is 7.44. The van der Waals surface area contributed by atoms with E-state index in [4.69, 9.17) is 26.4 Å². The third kappa shape index (κ3) is 3.11. The van der Waals surface area contributed by atoms with E-state index in [0.717, 1.165) is 15.8 Å². The summed E-state index contributed by atoms with van der Waals surface area (Å²) in [7, 11) is 1.63. The number of nitrogens with one attached hydrogen (secondary N) is 1. The number of carbonyl (C=O) groups is 1. The second kappa shape index (κ2) is 7.09. The van der Waals surface area contributed by atoms with Crippen LogP contribution in [0.25, 0.3) is 0 Å². The van der Waals surface area contributed by atoms with Gasteiger partial charge in [0.25, 0.3) is 0 Å². The molecule has 2 aliphatic rings. The molecule has 136 valence electrons. The van der Waals surface area contributed by atoms with Crippen molar-refractivity contribution < 1.29 is 19.0 Å². The summed E-state index contributed by atoms with van der Waals surface area (Å²) in [5.41, 5.74) is -0.0582. The van der Waals surface area contributed by atoms with Gasteiger partial charge in [0.15, 0.2) is 10.8 Å². The van der Waals surface area contributed by atoms with Gasteiger partial charge in [-0.25, -0.2) is 0 Å². The van der Waals surface area contributed by atoms with E-state index in [9.17, 15) is 4.79 Å². The van der Waals surface area contributed by atoms with Gasteiger partial charge in [0, 0.05) is 23.7 Å². The topological polar surface area (TPSA) is 60.0 Å². The minimum Gasteiger partial charge on any atom is -0.467 e. The molecule has 0 aliphatic carbocycles. The summed E-state index contributed by atoms with van der Waals surface area (Å²) in [6.45, 7) is 4.97. The molecule has 1 aromatic rings. The van der Waals surface area contributed by atoms with E-state index in [1.54, 1.807) is 14.0 Å². The van der Waals surface area contributed by atoms with Gasteiger partial charge in [-0.15, -0.1) is 0 Å². The standard InChI is InChI=1S/C17H21BrN2O4S/c1-4-23-15(21)13-14-11-9-10(18)5-6-12(11)24-17(13,2)20(7-8-22-3)16(25)19-14/h5-6,9,13-14H,4,7-8H2,1-3H3,(H,19,25)/t13-,14+,17+/m1/s1. The van der Waals surface area contributed by atoms with Gasteiger partial charge in [0.2, 0.25) is 0 Å². The third-order valence-corrected chi connectivity index (χ3v) is 5.48. The molecule has 2 bridgehead atoms. The van der Waals surface area contributed by atoms with E-state index in [1.165, 1.54) is 0 Å². The number of carbonyl (C=O) groups excluding carboxylic acids is 1. The van der Waals surface area contributed by atoms with E-state index >= 15 is 0 Å². The number of hydrogen-bond donors (Lipinski definition) is 1. The van der Waals surface area contributed by atoms with E-state index in [1.807, 2.05) is 30.0 Å². The predicted molar refractivity (Wildman–Crippen MR) is 100 cm³/mol. The molecule has 0 saturated carbocycles. The maximum atomic E-state index is 12.8. The van der Waals surface area contributed by atoms with Gasteiger partial charge in [0.1, 0.15) is 11.7 Å². The molecule has 3 rings (SSSR count). The van der Waals surface area contributed by atoms with Gasteiger partial charge in [-0.2, -0.15) is 0 Å². The van der Waals surface area contributed by atoms with Crippen LogP contribution < -0.4 is 10.1 Å². The Morgan fingerprint density at radius 3 is 2.96 bits per heavy atom. The fraction of sp³-hybridized carbons (Fsp3) is 0.529. The highest BCUT2D eigenvalue weighted by Crippen LogP contribution is 2.49. The third-order valence-electron chi connectivity index (χ3n) is 4.65. The van der Waals surface area contributed by atoms with Gasteiger partial charge >= 0.3 is 5.97 Å². The molecular formula is C17H21BrN2O4S. The summed E-state index contributed by atoms with van der Waals surface area (Å²) in [5, 5.41) is 3.84. The molecule has 25 heavy (non-hydrogen) atoms. The molecule has 1 fully saturated rings. The van der Waals surface area contributed by atoms with Crippen molar-refractivity contribution in [2.75, 3.05) is 26.9 Å². The van der Waals surface area contributed by atoms with Crippen LogP contribution in [0.3, 0.4) is 0 Å². The molecule has 0 aromatic heterocycles. The number of methoxy groups -OCH3 is 1. The molecule has 0 spiro atoms. The highest BCUT2D eigenvalue weighted by atomic mass is 79.9. The maximum Gasteiger partial charge on any atom is 0.317 e. The van der Waals surface area contributed by atoms with E-state index in [0.29, 0.717) is 24.9 Å². The van der Waals surface area contributed by atoms with Crippen LogP contribution in [-0.4, -0.2) is 48.6 Å². The molecule has 0 amide bonds. The number of fused-ring (bicyclic) bond motifs is 4. The first-order valence-electron chi connectivity index (χ1n) is 8.14. The van der Waals surface area contributed by atoms with Crippen molar-refractivity contribution in [2.24, 2.45) is 5.92 Å². The summed E-state index contributed by atoms with van der Waals surface area (Å²) in [4.78, 5) is 14.7. The molecule has 2 heterocycles. The summed E-state index contributed by atoms with van der Waals surface area (Å²) in [6.07, 6.45) is 0. The number of halogens is 1. The number of benzene rings is 1. The predicted octanol–water partition coefficient (Wildman–Crippen LogP) is 2.61. The second-order valence-electron chi connectivity index (χ2n) is 6.14. The lowest BCUT2D eigenvalue weighted by molar-refractivity contribution is -0.176. The van der Waals surface area contributed by atoms with Gasteiger partial charge in [0.05, 0.1) is 19.3 Å². The monoisotopic (exact) mass is 428 g/mol. The smallest absolute Gasteiger partial charge is 0.317 e. The van der Waals surface area contributed by atoms with Crippen molar-refractivity contribution >= 4 is 39.2 Å². The van der Waals surface area contributed by atoms with Crippen LogP contribution in [0.4, 0.5) is 0 Å². The normalized spacial score (nSPS) is 27.2. The largest absolute Gasteiger partial charge is 0.467 e. The molecule has 1 N–H and O–H groups in total. The zero-order valence-electron chi connectivity index (χ0n) is 14.4. The van der Waals surface area contributed by atoms with Crippen LogP contribution in [0, 0.1) is 5.92 Å². The van der Waals surface area contributed by atoms with Crippen LogP contribution in [0.15, 0.2) is 22.7 Å². The Bertz CT molecular complexity index is 701. The van der Waals surface area contributed by atoms with E-state index in [-0.39, 0.29) is 12.0 Å². The van der Waals surface area contributed by atoms with Gasteiger partial charge < -0.3 is 24.4 Å². The highest BCUT2D eigenvalue weighted by Gasteiger charge is 2.59. The molecule has 0 unspecified atom stereocenters. The maximum absolute atomic E-state index is 12.8. The first-order valence-corrected chi connectivity index (χ1v) is 9.34. The first-order chi connectivity index (χ1) is 11.9. The summed E-state index contributed by atoms with van der Waals surface area (Å²) < 4.78 is 17.8. The highest BCUT2D eigenvalue weighted by molar-refractivity contribution is 9.10. The van der Waals surface area contributed by atoms with Crippen molar-refractivity contribution in [3.8, 4) is 5.75 Å². The lowest BCUT2D eigenvalue weighted by atomic mass is 9.79. The van der Waals surface area contributed by atoms with Gasteiger partial charge in [-0.1, -0.05) is 15.9 Å². The number of hydrogen-bond acceptors (Lipinski definition) is 5. The number of ether oxygens (including phenoxy) is 3. The number of nitrogens with zero attached hydrogens (tertiary/aromatic N) is 1. The molecule has 8 heteroatoms. The Morgan fingerprint density at radius 1 is 1.52 bits per heavy atom. The molecule has 6 nitrogen and oxygen atoms in total. The molecule has 1 aromatic carbocycles. The average molecular weight is 429 g/mol. The van der Waals surface area contributed by atoms with Crippen LogP contribution in [0.1, 0.15) is 25.5 Å². The van der Waals surface area contributed by atoms with Crippen molar-refractivity contribution in [3.05, 3.63) is 28.2 Å². The van der Waals surface area contributed by atoms with E-state index < -0.39 is 11.6 Å². The van der Waals surface area contributed by atoms with E-state index in [2.05, 4.69) is 21.2 Å². The van der Waals surface area contributed by atoms with Crippen molar-refractivity contribution in [1.29, 1.82) is 0 Å². The first kappa shape index (κ1) is 18.4. The number of esters is 1. The molecular weight excluding hydrogens is 408 g/mol. The molecule has 1 saturated heterocycles. The summed E-state index contributed by atoms with van der Waals surface area (Å²) in [5.74, 6) is -0.135. The van der Waals surface area contributed by atoms with Crippen molar-refractivity contribution in [2.45, 2.75) is 25.6 Å². The SMILES string of the molecule is CCOC(=O)[C@H]1[C@H]2NC(=S)N(CCOC)[C@@]1(C)Oc1ccc(Br)cc12. The Hall–Kier alpha value is -1.38. The van der Waals surface area contributed by atoms with Crippen LogP contribution in [0.5, 0.6) is 5.75 Å². The Balaban J connectivity index is 2.09. The molecule has 3 atom stereocenters. The Morgan fingerprint density at radius 2 is 2.28 bits per heavy atom. The zero-order valence-corrected chi connectivity index (χ0v) is 16.8. The fourth-order valence-electron chi connectivity index (χ4n) is 3.52. The lowest BCUT2D eigenvalue weighted by Gasteiger charge is -2.55. The van der Waals surface area contributed by atoms with Crippen LogP contribution >= 0.6 is 28.1 Å². The van der Waals surface area contributed by atoms with Gasteiger partial charge in [-0.3, -0.25) is 4.79 Å². The minimum atomic E-state index is -0.946. The fourth-order valence-corrected chi connectivity index (χ4v) is 4.30. The summed E-state index contributed by atoms with van der Waals surface area (Å²) in [6, 6.07) is 5.46. The molecule has 0 radical (unpaired) electrons. The quantitative estimate of drug-likeness (QED) is 0.571. The minimum absolute atomic E-state index is 0.307. The molecule has 2 aliphatic heterocycles. The van der Waals surface area contributed by atoms with Crippen LogP contribution in [0.2, 0.25) is 0 Å². The Labute approximate surface area is 160 Å². The zero-order chi connectivity index (χ0) is 18.2. The van der Waals surface area contributed by atoms with Crippen molar-refractivity contribution in [3.63, 3.8) is 0 Å². The Kier molecular flexibility index (Phi) is 5.22. The number of thiocarbonyl (C=S) groups is 1.